The van der Waals surface area contributed by atoms with Gasteiger partial charge in [-0.3, -0.25) is 4.79 Å². The molecule has 3 nitrogen and oxygen atoms in total. The van der Waals surface area contributed by atoms with Gasteiger partial charge in [-0.25, -0.2) is 0 Å². The van der Waals surface area contributed by atoms with E-state index in [2.05, 4.69) is 5.32 Å². The molecule has 0 saturated heterocycles. The maximum absolute atomic E-state index is 12.7. The van der Waals surface area contributed by atoms with Crippen LogP contribution >= 0.6 is 0 Å². The van der Waals surface area contributed by atoms with Crippen molar-refractivity contribution in [2.45, 2.75) is 19.1 Å². The van der Waals surface area contributed by atoms with Gasteiger partial charge >= 0.3 is 6.18 Å². The van der Waals surface area contributed by atoms with Crippen molar-refractivity contribution in [3.63, 3.8) is 0 Å². The molecule has 2 aromatic carbocycles. The molecule has 6 heteroatoms. The lowest BCUT2D eigenvalue weighted by Gasteiger charge is -2.16. The van der Waals surface area contributed by atoms with Crippen LogP contribution in [0.4, 0.5) is 13.2 Å². The molecule has 0 saturated carbocycles. The monoisotopic (exact) mass is 318 g/mol. The molecule has 1 amide bonds. The summed E-state index contributed by atoms with van der Waals surface area (Å²) in [7, 11) is 0. The molecule has 0 bridgehead atoms. The van der Waals surface area contributed by atoms with Crippen LogP contribution in [0, 0.1) is 11.3 Å². The summed E-state index contributed by atoms with van der Waals surface area (Å²) < 4.78 is 38.1. The minimum atomic E-state index is -4.42. The molecule has 0 spiro atoms. The average molecular weight is 318 g/mol. The van der Waals surface area contributed by atoms with Gasteiger partial charge in [-0.15, -0.1) is 0 Å². The predicted octanol–water partition coefficient (Wildman–Crippen LogP) is 4.07. The van der Waals surface area contributed by atoms with Crippen LogP contribution in [-0.4, -0.2) is 5.91 Å². The number of rotatable bonds is 3. The van der Waals surface area contributed by atoms with Gasteiger partial charge in [0, 0.05) is 5.56 Å². The van der Waals surface area contributed by atoms with Gasteiger partial charge < -0.3 is 5.32 Å². The number of halogens is 3. The Labute approximate surface area is 131 Å². The molecule has 23 heavy (non-hydrogen) atoms. The molecular formula is C17H13F3N2O. The zero-order valence-electron chi connectivity index (χ0n) is 12.2. The third-order valence-corrected chi connectivity index (χ3v) is 3.34. The van der Waals surface area contributed by atoms with E-state index in [9.17, 15) is 18.0 Å². The topological polar surface area (TPSA) is 52.9 Å². The first-order chi connectivity index (χ1) is 10.8. The molecule has 2 rings (SSSR count). The smallest absolute Gasteiger partial charge is 0.346 e. The normalized spacial score (nSPS) is 12.3. The summed E-state index contributed by atoms with van der Waals surface area (Å²) in [5.74, 6) is -0.417. The molecule has 1 N–H and O–H groups in total. The van der Waals surface area contributed by atoms with E-state index >= 15 is 0 Å². The van der Waals surface area contributed by atoms with E-state index in [-0.39, 0.29) is 0 Å². The Hall–Kier alpha value is -2.81. The molecule has 0 fully saturated rings. The van der Waals surface area contributed by atoms with E-state index in [1.165, 1.54) is 36.4 Å². The highest BCUT2D eigenvalue weighted by Crippen LogP contribution is 2.30. The molecule has 0 aliphatic carbocycles. The molecule has 2 aromatic rings. The SMILES string of the molecule is C[C@H](NC(=O)c1ccc(C#N)cc1)c1cccc(C(F)(F)F)c1. The largest absolute Gasteiger partial charge is 0.416 e. The quantitative estimate of drug-likeness (QED) is 0.927. The summed E-state index contributed by atoms with van der Waals surface area (Å²) in [5, 5.41) is 11.3. The molecule has 0 aliphatic heterocycles. The predicted molar refractivity (Wildman–Crippen MR) is 78.5 cm³/mol. The van der Waals surface area contributed by atoms with Gasteiger partial charge in [-0.05, 0) is 48.9 Å². The number of amides is 1. The zero-order chi connectivity index (χ0) is 17.0. The van der Waals surface area contributed by atoms with Gasteiger partial charge in [0.25, 0.3) is 5.91 Å². The second kappa shape index (κ2) is 6.53. The van der Waals surface area contributed by atoms with Crippen molar-refractivity contribution in [2.75, 3.05) is 0 Å². The van der Waals surface area contributed by atoms with E-state index in [1.807, 2.05) is 6.07 Å². The van der Waals surface area contributed by atoms with Crippen LogP contribution in [0.5, 0.6) is 0 Å². The van der Waals surface area contributed by atoms with E-state index in [4.69, 9.17) is 5.26 Å². The standard InChI is InChI=1S/C17H13F3N2O/c1-11(14-3-2-4-15(9-14)17(18,19)20)22-16(23)13-7-5-12(10-21)6-8-13/h2-9,11H,1H3,(H,22,23)/t11-/m0/s1. The van der Waals surface area contributed by atoms with Crippen molar-refractivity contribution in [3.8, 4) is 6.07 Å². The Bertz CT molecular complexity index is 746. The number of benzene rings is 2. The van der Waals surface area contributed by atoms with Crippen molar-refractivity contribution in [1.82, 2.24) is 5.32 Å². The van der Waals surface area contributed by atoms with Crippen LogP contribution in [0.2, 0.25) is 0 Å². The van der Waals surface area contributed by atoms with E-state index in [0.717, 1.165) is 12.1 Å². The Kier molecular flexibility index (Phi) is 4.70. The molecule has 0 unspecified atom stereocenters. The summed E-state index contributed by atoms with van der Waals surface area (Å²) in [4.78, 5) is 12.1. The lowest BCUT2D eigenvalue weighted by molar-refractivity contribution is -0.137. The minimum absolute atomic E-state index is 0.336. The van der Waals surface area contributed by atoms with E-state index in [0.29, 0.717) is 16.7 Å². The molecule has 0 aliphatic rings. The van der Waals surface area contributed by atoms with Gasteiger partial charge in [0.15, 0.2) is 0 Å². The third kappa shape index (κ3) is 4.10. The van der Waals surface area contributed by atoms with Crippen molar-refractivity contribution in [3.05, 3.63) is 70.8 Å². The second-order valence-electron chi connectivity index (χ2n) is 5.01. The highest BCUT2D eigenvalue weighted by Gasteiger charge is 2.30. The van der Waals surface area contributed by atoms with Crippen molar-refractivity contribution in [1.29, 1.82) is 5.26 Å². The van der Waals surface area contributed by atoms with Crippen molar-refractivity contribution < 1.29 is 18.0 Å². The van der Waals surface area contributed by atoms with Gasteiger partial charge in [0.05, 0.1) is 23.2 Å². The van der Waals surface area contributed by atoms with Gasteiger partial charge in [0.1, 0.15) is 0 Å². The molecule has 0 radical (unpaired) electrons. The summed E-state index contributed by atoms with van der Waals surface area (Å²) in [6.45, 7) is 1.61. The number of alkyl halides is 3. The lowest BCUT2D eigenvalue weighted by atomic mass is 10.0. The fourth-order valence-corrected chi connectivity index (χ4v) is 2.04. The highest BCUT2D eigenvalue weighted by atomic mass is 19.4. The molecular weight excluding hydrogens is 305 g/mol. The first kappa shape index (κ1) is 16.6. The van der Waals surface area contributed by atoms with Crippen molar-refractivity contribution in [2.24, 2.45) is 0 Å². The fraction of sp³-hybridized carbons (Fsp3) is 0.176. The van der Waals surface area contributed by atoms with E-state index < -0.39 is 23.7 Å². The fourth-order valence-electron chi connectivity index (χ4n) is 2.04. The number of hydrogen-bond acceptors (Lipinski definition) is 2. The number of carbonyl (C=O) groups excluding carboxylic acids is 1. The Morgan fingerprint density at radius 2 is 1.83 bits per heavy atom. The van der Waals surface area contributed by atoms with Crippen LogP contribution in [-0.2, 0) is 6.18 Å². The second-order valence-corrected chi connectivity index (χ2v) is 5.01. The Morgan fingerprint density at radius 1 is 1.17 bits per heavy atom. The molecule has 118 valence electrons. The van der Waals surface area contributed by atoms with Crippen LogP contribution in [0.25, 0.3) is 0 Å². The maximum Gasteiger partial charge on any atom is 0.416 e. The number of nitriles is 1. The number of hydrogen-bond donors (Lipinski definition) is 1. The van der Waals surface area contributed by atoms with Gasteiger partial charge in [-0.2, -0.15) is 18.4 Å². The Balaban J connectivity index is 2.13. The van der Waals surface area contributed by atoms with Crippen LogP contribution in [0.3, 0.4) is 0 Å². The summed E-state index contributed by atoms with van der Waals surface area (Å²) >= 11 is 0. The third-order valence-electron chi connectivity index (χ3n) is 3.34. The first-order valence-corrected chi connectivity index (χ1v) is 6.79. The van der Waals surface area contributed by atoms with Gasteiger partial charge in [0.2, 0.25) is 0 Å². The van der Waals surface area contributed by atoms with Crippen LogP contribution < -0.4 is 5.32 Å². The summed E-state index contributed by atoms with van der Waals surface area (Å²) in [5.41, 5.74) is 0.367. The minimum Gasteiger partial charge on any atom is -0.346 e. The van der Waals surface area contributed by atoms with Gasteiger partial charge in [-0.1, -0.05) is 12.1 Å². The molecule has 1 atom stereocenters. The van der Waals surface area contributed by atoms with Crippen LogP contribution in [0.1, 0.15) is 40.0 Å². The Morgan fingerprint density at radius 3 is 2.39 bits per heavy atom. The lowest BCUT2D eigenvalue weighted by Crippen LogP contribution is -2.26. The van der Waals surface area contributed by atoms with E-state index in [1.54, 1.807) is 6.92 Å². The highest BCUT2D eigenvalue weighted by molar-refractivity contribution is 5.94. The summed E-state index contributed by atoms with van der Waals surface area (Å²) in [6.07, 6.45) is -4.42. The average Bonchev–Trinajstić information content (AvgIpc) is 2.54. The maximum atomic E-state index is 12.7. The summed E-state index contributed by atoms with van der Waals surface area (Å²) in [6, 6.07) is 12.2. The first-order valence-electron chi connectivity index (χ1n) is 6.79. The number of carbonyl (C=O) groups is 1. The molecule has 0 heterocycles. The number of nitrogens with one attached hydrogen (secondary N) is 1. The zero-order valence-corrected chi connectivity index (χ0v) is 12.2. The van der Waals surface area contributed by atoms with Crippen molar-refractivity contribution >= 4 is 5.91 Å². The van der Waals surface area contributed by atoms with Crippen LogP contribution in [0.15, 0.2) is 48.5 Å². The number of nitrogens with zero attached hydrogens (tertiary/aromatic N) is 1. The molecule has 0 aromatic heterocycles.